The maximum Gasteiger partial charge on any atom is 0.407 e. The Bertz CT molecular complexity index is 1060. The van der Waals surface area contributed by atoms with E-state index in [0.717, 1.165) is 23.0 Å². The van der Waals surface area contributed by atoms with E-state index in [1.807, 2.05) is 54.1 Å². The molecule has 0 radical (unpaired) electrons. The molecule has 2 amide bonds. The molecule has 1 aromatic carbocycles. The molecular weight excluding hydrogens is 410 g/mol. The lowest BCUT2D eigenvalue weighted by Gasteiger charge is -2.35. The summed E-state index contributed by atoms with van der Waals surface area (Å²) in [4.78, 5) is 41.1. The first-order valence-electron chi connectivity index (χ1n) is 10.4. The maximum absolute atomic E-state index is 12.5. The van der Waals surface area contributed by atoms with Crippen LogP contribution in [0.2, 0.25) is 0 Å². The van der Waals surface area contributed by atoms with Crippen LogP contribution < -0.4 is 10.2 Å². The van der Waals surface area contributed by atoms with Gasteiger partial charge in [-0.15, -0.1) is 0 Å². The molecule has 166 valence electrons. The van der Waals surface area contributed by atoms with E-state index in [1.54, 1.807) is 11.1 Å². The molecule has 1 aliphatic heterocycles. The zero-order chi connectivity index (χ0) is 22.3. The first kappa shape index (κ1) is 21.3. The van der Waals surface area contributed by atoms with Gasteiger partial charge >= 0.3 is 6.09 Å². The van der Waals surface area contributed by atoms with E-state index in [4.69, 9.17) is 4.74 Å². The van der Waals surface area contributed by atoms with Crippen LogP contribution in [-0.4, -0.2) is 69.1 Å². The molecule has 1 saturated heterocycles. The number of imidazole rings is 1. The molecule has 0 saturated carbocycles. The predicted octanol–water partition coefficient (Wildman–Crippen LogP) is 1.55. The van der Waals surface area contributed by atoms with Gasteiger partial charge in [0.15, 0.2) is 0 Å². The third-order valence-electron chi connectivity index (χ3n) is 5.26. The molecule has 4 rings (SSSR count). The van der Waals surface area contributed by atoms with Crippen molar-refractivity contribution in [3.63, 3.8) is 0 Å². The number of carbonyl (C=O) groups excluding carboxylic acids is 2. The lowest BCUT2D eigenvalue weighted by molar-refractivity contribution is -0.130. The highest BCUT2D eigenvalue weighted by molar-refractivity contribution is 5.82. The standard InChI is InChI=1S/C22H25N7O3/c1-17-23-7-8-29(17)20-13-19(25-16-26-20)27-9-11-28(12-10-27)21(30)14-24-22(31)32-15-18-5-3-2-4-6-18/h2-8,13,16H,9-12,14-15H2,1H3,(H,24,31). The van der Waals surface area contributed by atoms with Gasteiger partial charge in [0.05, 0.1) is 0 Å². The third kappa shape index (κ3) is 5.20. The summed E-state index contributed by atoms with van der Waals surface area (Å²) >= 11 is 0. The number of amides is 2. The molecule has 3 aromatic rings. The summed E-state index contributed by atoms with van der Waals surface area (Å²) in [5.74, 6) is 2.26. The average Bonchev–Trinajstić information content (AvgIpc) is 3.28. The number of ether oxygens (including phenoxy) is 1. The van der Waals surface area contributed by atoms with Gasteiger partial charge in [0.1, 0.15) is 36.9 Å². The van der Waals surface area contributed by atoms with E-state index >= 15 is 0 Å². The summed E-state index contributed by atoms with van der Waals surface area (Å²) in [5.41, 5.74) is 0.890. The summed E-state index contributed by atoms with van der Waals surface area (Å²) in [7, 11) is 0. The van der Waals surface area contributed by atoms with Gasteiger partial charge in [0.2, 0.25) is 5.91 Å². The Kier molecular flexibility index (Phi) is 6.59. The molecule has 3 heterocycles. The van der Waals surface area contributed by atoms with Crippen LogP contribution in [0.3, 0.4) is 0 Å². The highest BCUT2D eigenvalue weighted by Gasteiger charge is 2.22. The molecule has 2 aromatic heterocycles. The van der Waals surface area contributed by atoms with E-state index in [0.29, 0.717) is 26.2 Å². The van der Waals surface area contributed by atoms with Gasteiger partial charge < -0.3 is 19.9 Å². The van der Waals surface area contributed by atoms with Gasteiger partial charge in [0, 0.05) is 44.6 Å². The number of carbonyl (C=O) groups is 2. The van der Waals surface area contributed by atoms with Gasteiger partial charge in [-0.25, -0.2) is 19.7 Å². The van der Waals surface area contributed by atoms with Crippen molar-refractivity contribution in [3.8, 4) is 5.82 Å². The number of anilines is 1. The van der Waals surface area contributed by atoms with E-state index in [-0.39, 0.29) is 19.1 Å². The first-order valence-corrected chi connectivity index (χ1v) is 10.4. The van der Waals surface area contributed by atoms with E-state index in [9.17, 15) is 9.59 Å². The van der Waals surface area contributed by atoms with Crippen molar-refractivity contribution in [3.05, 3.63) is 66.5 Å². The largest absolute Gasteiger partial charge is 0.445 e. The fourth-order valence-corrected chi connectivity index (χ4v) is 3.48. The Hall–Kier alpha value is -3.95. The Morgan fingerprint density at radius 2 is 1.78 bits per heavy atom. The SMILES string of the molecule is Cc1nccn1-c1cc(N2CCN(C(=O)CNC(=O)OCc3ccccc3)CC2)ncn1. The molecule has 0 unspecified atom stereocenters. The number of piperazine rings is 1. The Balaban J connectivity index is 1.23. The average molecular weight is 435 g/mol. The molecule has 0 atom stereocenters. The highest BCUT2D eigenvalue weighted by Crippen LogP contribution is 2.17. The molecule has 10 nitrogen and oxygen atoms in total. The first-order chi connectivity index (χ1) is 15.6. The minimum atomic E-state index is -0.607. The van der Waals surface area contributed by atoms with Crippen molar-refractivity contribution >= 4 is 17.8 Å². The van der Waals surface area contributed by atoms with Gasteiger partial charge in [-0.1, -0.05) is 30.3 Å². The number of alkyl carbamates (subject to hydrolysis) is 1. The van der Waals surface area contributed by atoms with Crippen LogP contribution in [0.4, 0.5) is 10.6 Å². The van der Waals surface area contributed by atoms with Crippen molar-refractivity contribution < 1.29 is 14.3 Å². The third-order valence-corrected chi connectivity index (χ3v) is 5.26. The van der Waals surface area contributed by atoms with Gasteiger partial charge in [-0.05, 0) is 12.5 Å². The van der Waals surface area contributed by atoms with Crippen molar-refractivity contribution in [1.82, 2.24) is 29.7 Å². The highest BCUT2D eigenvalue weighted by atomic mass is 16.5. The zero-order valence-electron chi connectivity index (χ0n) is 17.8. The number of hydrogen-bond donors (Lipinski definition) is 1. The van der Waals surface area contributed by atoms with Crippen LogP contribution in [0.25, 0.3) is 5.82 Å². The van der Waals surface area contributed by atoms with E-state index in [1.165, 1.54) is 6.33 Å². The summed E-state index contributed by atoms with van der Waals surface area (Å²) in [5, 5.41) is 2.53. The molecular formula is C22H25N7O3. The lowest BCUT2D eigenvalue weighted by atomic mass is 10.2. The van der Waals surface area contributed by atoms with Crippen molar-refractivity contribution in [2.75, 3.05) is 37.6 Å². The molecule has 0 bridgehead atoms. The molecule has 32 heavy (non-hydrogen) atoms. The van der Waals surface area contributed by atoms with Crippen LogP contribution in [0.5, 0.6) is 0 Å². The van der Waals surface area contributed by atoms with Crippen LogP contribution >= 0.6 is 0 Å². The Morgan fingerprint density at radius 3 is 2.50 bits per heavy atom. The van der Waals surface area contributed by atoms with Crippen molar-refractivity contribution in [2.24, 2.45) is 0 Å². The Morgan fingerprint density at radius 1 is 1.03 bits per heavy atom. The van der Waals surface area contributed by atoms with Crippen LogP contribution in [0, 0.1) is 6.92 Å². The second-order valence-corrected chi connectivity index (χ2v) is 7.36. The molecule has 10 heteroatoms. The smallest absolute Gasteiger partial charge is 0.407 e. The normalized spacial score (nSPS) is 13.7. The van der Waals surface area contributed by atoms with Crippen LogP contribution in [0.1, 0.15) is 11.4 Å². The van der Waals surface area contributed by atoms with Gasteiger partial charge in [0.25, 0.3) is 0 Å². The Labute approximate surface area is 185 Å². The monoisotopic (exact) mass is 435 g/mol. The minimum Gasteiger partial charge on any atom is -0.445 e. The summed E-state index contributed by atoms with van der Waals surface area (Å²) in [6.07, 6.45) is 4.51. The number of benzene rings is 1. The van der Waals surface area contributed by atoms with Gasteiger partial charge in [-0.2, -0.15) is 0 Å². The summed E-state index contributed by atoms with van der Waals surface area (Å²) in [6.45, 7) is 4.36. The number of nitrogens with zero attached hydrogens (tertiary/aromatic N) is 6. The quantitative estimate of drug-likeness (QED) is 0.626. The van der Waals surface area contributed by atoms with Crippen LogP contribution in [-0.2, 0) is 16.1 Å². The number of rotatable bonds is 6. The predicted molar refractivity (Wildman–Crippen MR) is 117 cm³/mol. The minimum absolute atomic E-state index is 0.0921. The number of aromatic nitrogens is 4. The fraction of sp³-hybridized carbons (Fsp3) is 0.318. The molecule has 0 spiro atoms. The van der Waals surface area contributed by atoms with E-state index < -0.39 is 6.09 Å². The molecule has 1 N–H and O–H groups in total. The van der Waals surface area contributed by atoms with Crippen molar-refractivity contribution in [2.45, 2.75) is 13.5 Å². The fourth-order valence-electron chi connectivity index (χ4n) is 3.48. The lowest BCUT2D eigenvalue weighted by Crippen LogP contribution is -2.51. The van der Waals surface area contributed by atoms with E-state index in [2.05, 4.69) is 25.2 Å². The molecule has 1 aliphatic rings. The maximum atomic E-state index is 12.5. The van der Waals surface area contributed by atoms with Crippen molar-refractivity contribution in [1.29, 1.82) is 0 Å². The molecule has 0 aliphatic carbocycles. The summed E-state index contributed by atoms with van der Waals surface area (Å²) < 4.78 is 7.04. The van der Waals surface area contributed by atoms with Gasteiger partial charge in [-0.3, -0.25) is 9.36 Å². The number of hydrogen-bond acceptors (Lipinski definition) is 7. The second-order valence-electron chi connectivity index (χ2n) is 7.36. The number of nitrogens with one attached hydrogen (secondary N) is 1. The topological polar surface area (TPSA) is 105 Å². The zero-order valence-corrected chi connectivity index (χ0v) is 17.8. The summed E-state index contributed by atoms with van der Waals surface area (Å²) in [6, 6.07) is 11.3. The number of aryl methyl sites for hydroxylation is 1. The van der Waals surface area contributed by atoms with Crippen LogP contribution in [0.15, 0.2) is 55.1 Å². The molecule has 1 fully saturated rings. The second kappa shape index (κ2) is 9.90.